The van der Waals surface area contributed by atoms with E-state index < -0.39 is 5.43 Å². The quantitative estimate of drug-likeness (QED) is 0.754. The fourth-order valence-corrected chi connectivity index (χ4v) is 1.81. The van der Waals surface area contributed by atoms with E-state index in [0.29, 0.717) is 27.3 Å². The highest BCUT2D eigenvalue weighted by Gasteiger charge is 2.09. The Balaban J connectivity index is 2.18. The Kier molecular flexibility index (Phi) is 4.47. The molecule has 98 valence electrons. The summed E-state index contributed by atoms with van der Waals surface area (Å²) in [7, 11) is 0. The summed E-state index contributed by atoms with van der Waals surface area (Å²) in [5.74, 6) is 1.09. The summed E-state index contributed by atoms with van der Waals surface area (Å²) in [6.07, 6.45) is 2.85. The predicted molar refractivity (Wildman–Crippen MR) is 72.7 cm³/mol. The number of carbonyl (C=O) groups is 1. The van der Waals surface area contributed by atoms with E-state index in [9.17, 15) is 4.79 Å². The van der Waals surface area contributed by atoms with Crippen LogP contribution in [0, 0.1) is 0 Å². The molecule has 2 rings (SSSR count). The first-order chi connectivity index (χ1) is 9.06. The molecule has 7 heteroatoms. The molecule has 19 heavy (non-hydrogen) atoms. The van der Waals surface area contributed by atoms with Crippen LogP contribution < -0.4 is 9.47 Å². The molecule has 1 heterocycles. The van der Waals surface area contributed by atoms with Gasteiger partial charge >= 0.3 is 5.43 Å². The summed E-state index contributed by atoms with van der Waals surface area (Å²) in [6.45, 7) is 0. The molecule has 1 aromatic heterocycles. The molecule has 0 aliphatic rings. The topological polar surface area (TPSA) is 48.4 Å². The Morgan fingerprint density at radius 3 is 2.05 bits per heavy atom. The molecule has 0 fully saturated rings. The summed E-state index contributed by atoms with van der Waals surface area (Å²) in [5, 5.41) is 0.590. The molecule has 0 saturated heterocycles. The van der Waals surface area contributed by atoms with E-state index in [-0.39, 0.29) is 0 Å². The largest absolute Gasteiger partial charge is 0.454 e. The van der Waals surface area contributed by atoms with Gasteiger partial charge in [0.05, 0.1) is 0 Å². The van der Waals surface area contributed by atoms with Gasteiger partial charge < -0.3 is 9.47 Å². The van der Waals surface area contributed by atoms with Crippen molar-refractivity contribution in [3.63, 3.8) is 0 Å². The lowest BCUT2D eigenvalue weighted by Gasteiger charge is -2.09. The number of benzene rings is 1. The lowest BCUT2D eigenvalue weighted by Crippen LogP contribution is -1.95. The van der Waals surface area contributed by atoms with Crippen molar-refractivity contribution in [1.29, 1.82) is 0 Å². The SMILES string of the molecule is O=C(Cl)Oc1ccc(Oc2c(Cl)cncc2Cl)cc1. The average Bonchev–Trinajstić information content (AvgIpc) is 2.35. The summed E-state index contributed by atoms with van der Waals surface area (Å²) in [5.41, 5.74) is -0.908. The first-order valence-electron chi connectivity index (χ1n) is 5.00. The van der Waals surface area contributed by atoms with Gasteiger partial charge in [0, 0.05) is 24.0 Å². The fraction of sp³-hybridized carbons (Fsp3) is 0. The monoisotopic (exact) mass is 317 g/mol. The van der Waals surface area contributed by atoms with Crippen LogP contribution in [0.25, 0.3) is 0 Å². The second-order valence-electron chi connectivity index (χ2n) is 3.35. The lowest BCUT2D eigenvalue weighted by molar-refractivity contribution is 0.225. The molecule has 1 aromatic carbocycles. The Morgan fingerprint density at radius 2 is 1.53 bits per heavy atom. The molecular formula is C12H6Cl3NO3. The van der Waals surface area contributed by atoms with E-state index >= 15 is 0 Å². The van der Waals surface area contributed by atoms with Gasteiger partial charge in [-0.3, -0.25) is 4.98 Å². The minimum absolute atomic E-state index is 0.295. The maximum Gasteiger partial charge on any atom is 0.409 e. The van der Waals surface area contributed by atoms with E-state index in [1.54, 1.807) is 12.1 Å². The highest BCUT2D eigenvalue weighted by atomic mass is 35.5. The summed E-state index contributed by atoms with van der Waals surface area (Å²) < 4.78 is 10.2. The van der Waals surface area contributed by atoms with Gasteiger partial charge in [-0.15, -0.1) is 0 Å². The van der Waals surface area contributed by atoms with E-state index in [4.69, 9.17) is 39.5 Å². The number of halogens is 3. The molecule has 0 aliphatic heterocycles. The molecule has 0 N–H and O–H groups in total. The standard InChI is InChI=1S/C12H6Cl3NO3/c13-9-5-16-6-10(14)11(9)18-7-1-3-8(4-2-7)19-12(15)17/h1-6H. The molecule has 2 aromatic rings. The van der Waals surface area contributed by atoms with Crippen molar-refractivity contribution in [1.82, 2.24) is 4.98 Å². The Labute approximate surface area is 123 Å². The maximum atomic E-state index is 10.5. The van der Waals surface area contributed by atoms with Gasteiger partial charge in [-0.2, -0.15) is 0 Å². The molecule has 0 amide bonds. The fourth-order valence-electron chi connectivity index (χ4n) is 1.28. The van der Waals surface area contributed by atoms with Crippen LogP contribution in [0.3, 0.4) is 0 Å². The van der Waals surface area contributed by atoms with Gasteiger partial charge in [-0.25, -0.2) is 4.79 Å². The van der Waals surface area contributed by atoms with Crippen LogP contribution in [-0.2, 0) is 0 Å². The lowest BCUT2D eigenvalue weighted by atomic mass is 10.3. The smallest absolute Gasteiger partial charge is 0.409 e. The zero-order chi connectivity index (χ0) is 13.8. The number of hydrogen-bond acceptors (Lipinski definition) is 4. The molecule has 0 bridgehead atoms. The van der Waals surface area contributed by atoms with Crippen molar-refractivity contribution in [2.75, 3.05) is 0 Å². The van der Waals surface area contributed by atoms with Crippen LogP contribution in [0.2, 0.25) is 10.0 Å². The van der Waals surface area contributed by atoms with Crippen molar-refractivity contribution >= 4 is 40.2 Å². The third kappa shape index (κ3) is 3.73. The number of hydrogen-bond donors (Lipinski definition) is 0. The van der Waals surface area contributed by atoms with Gasteiger partial charge in [-0.1, -0.05) is 23.2 Å². The normalized spacial score (nSPS) is 10.1. The molecule has 0 saturated carbocycles. The van der Waals surface area contributed by atoms with Gasteiger partial charge in [0.1, 0.15) is 21.5 Å². The number of nitrogens with zero attached hydrogens (tertiary/aromatic N) is 1. The van der Waals surface area contributed by atoms with Crippen LogP contribution >= 0.6 is 34.8 Å². The molecule has 0 unspecified atom stereocenters. The third-order valence-corrected chi connectivity index (χ3v) is 2.67. The van der Waals surface area contributed by atoms with Crippen LogP contribution in [0.15, 0.2) is 36.7 Å². The zero-order valence-electron chi connectivity index (χ0n) is 9.27. The van der Waals surface area contributed by atoms with Crippen molar-refractivity contribution in [3.8, 4) is 17.2 Å². The Bertz CT molecular complexity index is 581. The predicted octanol–water partition coefficient (Wildman–Crippen LogP) is 4.92. The molecule has 0 atom stereocenters. The molecule has 4 nitrogen and oxygen atoms in total. The van der Waals surface area contributed by atoms with Crippen LogP contribution in [-0.4, -0.2) is 10.4 Å². The number of rotatable bonds is 3. The highest BCUT2D eigenvalue weighted by Crippen LogP contribution is 2.35. The van der Waals surface area contributed by atoms with Crippen LogP contribution in [0.1, 0.15) is 0 Å². The minimum Gasteiger partial charge on any atom is -0.454 e. The Morgan fingerprint density at radius 1 is 1.00 bits per heavy atom. The molecule has 0 radical (unpaired) electrons. The third-order valence-electron chi connectivity index (χ3n) is 2.05. The second kappa shape index (κ2) is 6.10. The number of aromatic nitrogens is 1. The van der Waals surface area contributed by atoms with Gasteiger partial charge in [0.2, 0.25) is 0 Å². The summed E-state index contributed by atoms with van der Waals surface area (Å²) >= 11 is 16.9. The first kappa shape index (κ1) is 13.9. The average molecular weight is 319 g/mol. The van der Waals surface area contributed by atoms with Gasteiger partial charge in [0.25, 0.3) is 0 Å². The maximum absolute atomic E-state index is 10.5. The molecule has 0 spiro atoms. The number of pyridine rings is 1. The first-order valence-corrected chi connectivity index (χ1v) is 6.14. The van der Waals surface area contributed by atoms with E-state index in [1.165, 1.54) is 24.5 Å². The second-order valence-corrected chi connectivity index (χ2v) is 4.47. The van der Waals surface area contributed by atoms with Crippen molar-refractivity contribution in [2.45, 2.75) is 0 Å². The van der Waals surface area contributed by atoms with Gasteiger partial charge in [-0.05, 0) is 24.3 Å². The van der Waals surface area contributed by atoms with E-state index in [2.05, 4.69) is 9.72 Å². The van der Waals surface area contributed by atoms with Crippen molar-refractivity contribution in [3.05, 3.63) is 46.7 Å². The van der Waals surface area contributed by atoms with E-state index in [0.717, 1.165) is 0 Å². The summed E-state index contributed by atoms with van der Waals surface area (Å²) in [4.78, 5) is 14.4. The molecular weight excluding hydrogens is 312 g/mol. The molecule has 0 aliphatic carbocycles. The Hall–Kier alpha value is -1.49. The number of ether oxygens (including phenoxy) is 2. The zero-order valence-corrected chi connectivity index (χ0v) is 11.5. The van der Waals surface area contributed by atoms with Crippen molar-refractivity contribution < 1.29 is 14.3 Å². The van der Waals surface area contributed by atoms with Gasteiger partial charge in [0.15, 0.2) is 5.75 Å². The highest BCUT2D eigenvalue weighted by molar-refractivity contribution is 6.61. The number of carbonyl (C=O) groups excluding carboxylic acids is 1. The minimum atomic E-state index is -0.908. The van der Waals surface area contributed by atoms with Crippen molar-refractivity contribution in [2.24, 2.45) is 0 Å². The summed E-state index contributed by atoms with van der Waals surface area (Å²) in [6, 6.07) is 6.22. The van der Waals surface area contributed by atoms with Crippen LogP contribution in [0.4, 0.5) is 4.79 Å². The van der Waals surface area contributed by atoms with Crippen LogP contribution in [0.5, 0.6) is 17.2 Å². The van der Waals surface area contributed by atoms with E-state index in [1.807, 2.05) is 0 Å².